The lowest BCUT2D eigenvalue weighted by atomic mass is 9.75. The van der Waals surface area contributed by atoms with Crippen molar-refractivity contribution in [3.63, 3.8) is 0 Å². The second kappa shape index (κ2) is 8.47. The highest BCUT2D eigenvalue weighted by molar-refractivity contribution is 6.04. The lowest BCUT2D eigenvalue weighted by Crippen LogP contribution is -2.38. The lowest BCUT2D eigenvalue weighted by molar-refractivity contribution is -0.125. The van der Waals surface area contributed by atoms with Crippen LogP contribution in [0.25, 0.3) is 11.3 Å². The highest BCUT2D eigenvalue weighted by Crippen LogP contribution is 2.38. The van der Waals surface area contributed by atoms with Crippen LogP contribution in [0.15, 0.2) is 54.9 Å². The predicted octanol–water partition coefficient (Wildman–Crippen LogP) is 4.68. The van der Waals surface area contributed by atoms with Crippen molar-refractivity contribution in [1.82, 2.24) is 9.97 Å². The Balaban J connectivity index is 1.45. The van der Waals surface area contributed by atoms with Crippen LogP contribution in [-0.4, -0.2) is 32.2 Å². The molecule has 2 aliphatic rings. The Kier molecular flexibility index (Phi) is 5.51. The molecule has 5 heteroatoms. The number of hydrogen-bond acceptors (Lipinski definition) is 4. The molecule has 2 aliphatic carbocycles. The number of nitrogens with zero attached hydrogens (tertiary/aromatic N) is 1. The molecule has 1 aromatic carbocycles. The van der Waals surface area contributed by atoms with Gasteiger partial charge in [-0.3, -0.25) is 14.6 Å². The van der Waals surface area contributed by atoms with Crippen LogP contribution in [-0.2, 0) is 17.6 Å². The smallest absolute Gasteiger partial charge is 0.165 e. The van der Waals surface area contributed by atoms with Gasteiger partial charge in [-0.1, -0.05) is 30.3 Å². The Hall–Kier alpha value is -3.05. The van der Waals surface area contributed by atoms with Crippen LogP contribution in [0.2, 0.25) is 0 Å². The van der Waals surface area contributed by atoms with Crippen LogP contribution < -0.4 is 0 Å². The maximum absolute atomic E-state index is 13.3. The summed E-state index contributed by atoms with van der Waals surface area (Å²) in [5, 5.41) is 10.3. The Morgan fingerprint density at radius 2 is 1.84 bits per heavy atom. The summed E-state index contributed by atoms with van der Waals surface area (Å²) in [6, 6.07) is 14.0. The highest BCUT2D eigenvalue weighted by atomic mass is 16.3. The molecule has 2 heterocycles. The van der Waals surface area contributed by atoms with Crippen molar-refractivity contribution in [2.24, 2.45) is 5.92 Å². The molecule has 32 heavy (non-hydrogen) atoms. The zero-order valence-electron chi connectivity index (χ0n) is 18.1. The second-order valence-electron chi connectivity index (χ2n) is 9.30. The number of carbonyl (C=O) groups is 2. The number of carbonyl (C=O) groups excluding carboxylic acids is 2. The van der Waals surface area contributed by atoms with Gasteiger partial charge in [0.2, 0.25) is 0 Å². The van der Waals surface area contributed by atoms with E-state index in [0.29, 0.717) is 25.7 Å². The molecule has 2 aromatic heterocycles. The summed E-state index contributed by atoms with van der Waals surface area (Å²) in [6.07, 6.45) is 8.40. The number of rotatable bonds is 7. The van der Waals surface area contributed by atoms with Crippen LogP contribution in [0.1, 0.15) is 65.7 Å². The summed E-state index contributed by atoms with van der Waals surface area (Å²) in [7, 11) is 0. The molecule has 1 atom stereocenters. The fourth-order valence-electron chi connectivity index (χ4n) is 5.09. The standard InChI is InChI=1S/C27H28N2O3/c30-23(7-12-27(32)10-4-11-27)20-16-22-25(24(31)17-20)21(15-18-5-2-1-3-6-18)26(29-22)19-8-13-28-14-9-19/h1-3,5-6,8-9,13-14,20,29,32H,4,7,10-12,15-17H2. The minimum Gasteiger partial charge on any atom is -0.390 e. The molecule has 1 unspecified atom stereocenters. The van der Waals surface area contributed by atoms with Gasteiger partial charge in [0.15, 0.2) is 5.78 Å². The van der Waals surface area contributed by atoms with Crippen molar-refractivity contribution < 1.29 is 14.7 Å². The van der Waals surface area contributed by atoms with Gasteiger partial charge in [0, 0.05) is 54.4 Å². The first-order valence-electron chi connectivity index (χ1n) is 11.5. The number of aromatic amines is 1. The minimum absolute atomic E-state index is 0.0365. The van der Waals surface area contributed by atoms with E-state index in [4.69, 9.17) is 0 Å². The number of aliphatic hydroxyl groups is 1. The summed E-state index contributed by atoms with van der Waals surface area (Å²) in [5.74, 6) is -0.185. The lowest BCUT2D eigenvalue weighted by Gasteiger charge is -2.36. The summed E-state index contributed by atoms with van der Waals surface area (Å²) < 4.78 is 0. The molecule has 3 aromatic rings. The van der Waals surface area contributed by atoms with Gasteiger partial charge >= 0.3 is 0 Å². The van der Waals surface area contributed by atoms with Gasteiger partial charge in [-0.25, -0.2) is 0 Å². The van der Waals surface area contributed by atoms with Crippen molar-refractivity contribution >= 4 is 11.6 Å². The molecule has 5 nitrogen and oxygen atoms in total. The van der Waals surface area contributed by atoms with Gasteiger partial charge in [0.25, 0.3) is 0 Å². The van der Waals surface area contributed by atoms with Crippen LogP contribution in [0.3, 0.4) is 0 Å². The molecule has 1 fully saturated rings. The Morgan fingerprint density at radius 3 is 2.53 bits per heavy atom. The zero-order valence-corrected chi connectivity index (χ0v) is 18.1. The third kappa shape index (κ3) is 4.05. The first kappa shape index (κ1) is 20.8. The predicted molar refractivity (Wildman–Crippen MR) is 122 cm³/mol. The quantitative estimate of drug-likeness (QED) is 0.573. The monoisotopic (exact) mass is 428 g/mol. The van der Waals surface area contributed by atoms with Crippen molar-refractivity contribution in [3.05, 3.63) is 77.2 Å². The fraction of sp³-hybridized carbons (Fsp3) is 0.370. The van der Waals surface area contributed by atoms with Crippen molar-refractivity contribution in [2.45, 2.75) is 57.0 Å². The first-order chi connectivity index (χ1) is 15.5. The number of benzene rings is 1. The number of ketones is 2. The van der Waals surface area contributed by atoms with Crippen molar-refractivity contribution in [2.75, 3.05) is 0 Å². The molecule has 1 saturated carbocycles. The number of hydrogen-bond donors (Lipinski definition) is 2. The van der Waals surface area contributed by atoms with E-state index in [0.717, 1.165) is 52.9 Å². The zero-order chi connectivity index (χ0) is 22.1. The maximum Gasteiger partial charge on any atom is 0.165 e. The van der Waals surface area contributed by atoms with Gasteiger partial charge < -0.3 is 10.1 Å². The van der Waals surface area contributed by atoms with Crippen molar-refractivity contribution in [3.8, 4) is 11.3 Å². The van der Waals surface area contributed by atoms with Gasteiger partial charge in [-0.05, 0) is 55.4 Å². The van der Waals surface area contributed by atoms with Crippen LogP contribution in [0, 0.1) is 5.92 Å². The van der Waals surface area contributed by atoms with E-state index in [2.05, 4.69) is 22.1 Å². The molecule has 5 rings (SSSR count). The van der Waals surface area contributed by atoms with Gasteiger partial charge in [-0.15, -0.1) is 0 Å². The number of H-pyrrole nitrogens is 1. The van der Waals surface area contributed by atoms with Crippen LogP contribution in [0.5, 0.6) is 0 Å². The third-order valence-corrected chi connectivity index (χ3v) is 7.11. The Bertz CT molecular complexity index is 1130. The number of Topliss-reactive ketones (excluding diaryl/α,β-unsaturated/α-hetero) is 2. The molecule has 0 radical (unpaired) electrons. The van der Waals surface area contributed by atoms with E-state index in [-0.39, 0.29) is 23.9 Å². The number of nitrogens with one attached hydrogen (secondary N) is 1. The molecular formula is C27H28N2O3. The number of pyridine rings is 1. The number of aromatic nitrogens is 2. The van der Waals surface area contributed by atoms with Gasteiger partial charge in [0.05, 0.1) is 11.3 Å². The van der Waals surface area contributed by atoms with Crippen LogP contribution >= 0.6 is 0 Å². The second-order valence-corrected chi connectivity index (χ2v) is 9.30. The summed E-state index contributed by atoms with van der Waals surface area (Å²) in [5.41, 5.74) is 5.02. The average Bonchev–Trinajstić information content (AvgIpc) is 3.16. The van der Waals surface area contributed by atoms with E-state index in [1.54, 1.807) is 12.4 Å². The third-order valence-electron chi connectivity index (χ3n) is 7.11. The largest absolute Gasteiger partial charge is 0.390 e. The Morgan fingerprint density at radius 1 is 1.09 bits per heavy atom. The van der Waals surface area contributed by atoms with E-state index in [9.17, 15) is 14.7 Å². The van der Waals surface area contributed by atoms with E-state index < -0.39 is 5.60 Å². The summed E-state index contributed by atoms with van der Waals surface area (Å²) in [6.45, 7) is 0. The average molecular weight is 429 g/mol. The highest BCUT2D eigenvalue weighted by Gasteiger charge is 2.37. The first-order valence-corrected chi connectivity index (χ1v) is 11.5. The SMILES string of the molecule is O=C1CC(C(=O)CCC2(O)CCC2)Cc2[nH]c(-c3ccncc3)c(Cc3ccccc3)c21. The Labute approximate surface area is 187 Å². The minimum atomic E-state index is -0.663. The van der Waals surface area contributed by atoms with E-state index >= 15 is 0 Å². The topological polar surface area (TPSA) is 83.0 Å². The maximum atomic E-state index is 13.3. The molecular weight excluding hydrogens is 400 g/mol. The molecule has 0 bridgehead atoms. The van der Waals surface area contributed by atoms with E-state index in [1.165, 1.54) is 0 Å². The molecule has 0 aliphatic heterocycles. The van der Waals surface area contributed by atoms with Crippen molar-refractivity contribution in [1.29, 1.82) is 0 Å². The fourth-order valence-corrected chi connectivity index (χ4v) is 5.09. The normalized spacial score (nSPS) is 19.3. The summed E-state index contributed by atoms with van der Waals surface area (Å²) >= 11 is 0. The van der Waals surface area contributed by atoms with Gasteiger partial charge in [-0.2, -0.15) is 0 Å². The molecule has 164 valence electrons. The molecule has 0 spiro atoms. The number of fused-ring (bicyclic) bond motifs is 1. The molecule has 0 amide bonds. The molecule has 0 saturated heterocycles. The molecule has 2 N–H and O–H groups in total. The van der Waals surface area contributed by atoms with Crippen LogP contribution in [0.4, 0.5) is 0 Å². The van der Waals surface area contributed by atoms with E-state index in [1.807, 2.05) is 30.3 Å². The van der Waals surface area contributed by atoms with Gasteiger partial charge in [0.1, 0.15) is 5.78 Å². The summed E-state index contributed by atoms with van der Waals surface area (Å²) in [4.78, 5) is 33.8.